The summed E-state index contributed by atoms with van der Waals surface area (Å²) in [6, 6.07) is 3.80. The Morgan fingerprint density at radius 3 is 2.84 bits per heavy atom. The number of aliphatic carboxylic acids is 1. The summed E-state index contributed by atoms with van der Waals surface area (Å²) in [6.45, 7) is -0.347. The number of amides is 1. The fraction of sp³-hybridized carbons (Fsp3) is 0.182. The highest BCUT2D eigenvalue weighted by atomic mass is 32.1. The van der Waals surface area contributed by atoms with Gasteiger partial charge in [0, 0.05) is 5.38 Å². The van der Waals surface area contributed by atoms with Crippen LogP contribution >= 0.6 is 22.7 Å². The van der Waals surface area contributed by atoms with E-state index >= 15 is 0 Å². The van der Waals surface area contributed by atoms with Crippen molar-refractivity contribution in [2.45, 2.75) is 6.10 Å². The third kappa shape index (κ3) is 3.37. The SMILES string of the molecule is O=C(NC[C@H](O)C(=O)O)c1csc(-c2cccs2)n1. The Morgan fingerprint density at radius 2 is 2.21 bits per heavy atom. The summed E-state index contributed by atoms with van der Waals surface area (Å²) in [7, 11) is 0. The van der Waals surface area contributed by atoms with Gasteiger partial charge in [-0.15, -0.1) is 22.7 Å². The van der Waals surface area contributed by atoms with E-state index in [1.165, 1.54) is 22.7 Å². The van der Waals surface area contributed by atoms with Crippen LogP contribution in [0.15, 0.2) is 22.9 Å². The van der Waals surface area contributed by atoms with E-state index in [0.29, 0.717) is 0 Å². The molecule has 2 aromatic rings. The minimum absolute atomic E-state index is 0.214. The summed E-state index contributed by atoms with van der Waals surface area (Å²) in [5.41, 5.74) is 0.214. The minimum atomic E-state index is -1.61. The predicted octanol–water partition coefficient (Wildman–Crippen LogP) is 1.05. The molecule has 100 valence electrons. The minimum Gasteiger partial charge on any atom is -0.479 e. The van der Waals surface area contributed by atoms with Gasteiger partial charge < -0.3 is 15.5 Å². The molecule has 19 heavy (non-hydrogen) atoms. The molecule has 1 atom stereocenters. The molecule has 0 radical (unpaired) electrons. The molecule has 2 heterocycles. The van der Waals surface area contributed by atoms with Crippen molar-refractivity contribution in [1.29, 1.82) is 0 Å². The number of carboxylic acid groups (broad SMARTS) is 1. The van der Waals surface area contributed by atoms with Crippen LogP contribution in [0, 0.1) is 0 Å². The first-order chi connectivity index (χ1) is 9.08. The monoisotopic (exact) mass is 298 g/mol. The molecule has 0 spiro atoms. The zero-order valence-electron chi connectivity index (χ0n) is 9.57. The molecule has 0 aliphatic heterocycles. The van der Waals surface area contributed by atoms with Crippen molar-refractivity contribution in [2.24, 2.45) is 0 Å². The number of nitrogens with one attached hydrogen (secondary N) is 1. The lowest BCUT2D eigenvalue weighted by atomic mass is 10.3. The summed E-state index contributed by atoms with van der Waals surface area (Å²) in [6.07, 6.45) is -1.61. The van der Waals surface area contributed by atoms with Gasteiger partial charge in [-0.3, -0.25) is 4.79 Å². The predicted molar refractivity (Wildman–Crippen MR) is 71.4 cm³/mol. The molecule has 2 aromatic heterocycles. The lowest BCUT2D eigenvalue weighted by Gasteiger charge is -2.05. The molecule has 0 unspecified atom stereocenters. The lowest BCUT2D eigenvalue weighted by Crippen LogP contribution is -2.36. The number of aromatic nitrogens is 1. The van der Waals surface area contributed by atoms with E-state index in [0.717, 1.165) is 9.88 Å². The molecule has 8 heteroatoms. The maximum atomic E-state index is 11.7. The highest BCUT2D eigenvalue weighted by molar-refractivity contribution is 7.20. The summed E-state index contributed by atoms with van der Waals surface area (Å²) >= 11 is 2.86. The van der Waals surface area contributed by atoms with Crippen molar-refractivity contribution in [2.75, 3.05) is 6.54 Å². The lowest BCUT2D eigenvalue weighted by molar-refractivity contribution is -0.146. The molecule has 2 rings (SSSR count). The number of carboxylic acids is 1. The molecular formula is C11H10N2O4S2. The van der Waals surface area contributed by atoms with Gasteiger partial charge in [0.1, 0.15) is 10.7 Å². The topological polar surface area (TPSA) is 99.5 Å². The molecule has 0 fully saturated rings. The quantitative estimate of drug-likeness (QED) is 0.766. The van der Waals surface area contributed by atoms with Gasteiger partial charge in [-0.25, -0.2) is 9.78 Å². The maximum Gasteiger partial charge on any atom is 0.334 e. The molecule has 0 aliphatic carbocycles. The molecule has 6 nitrogen and oxygen atoms in total. The summed E-state index contributed by atoms with van der Waals surface area (Å²) < 4.78 is 0. The van der Waals surface area contributed by atoms with Crippen molar-refractivity contribution < 1.29 is 19.8 Å². The van der Waals surface area contributed by atoms with Crippen molar-refractivity contribution in [1.82, 2.24) is 10.3 Å². The van der Waals surface area contributed by atoms with Gasteiger partial charge in [-0.1, -0.05) is 6.07 Å². The van der Waals surface area contributed by atoms with E-state index in [4.69, 9.17) is 10.2 Å². The number of hydrogen-bond donors (Lipinski definition) is 3. The standard InChI is InChI=1S/C11H10N2O4S2/c14-7(11(16)17)4-12-9(15)6-5-19-10(13-6)8-2-1-3-18-8/h1-3,5,7,14H,4H2,(H,12,15)(H,16,17)/t7-/m0/s1. The Hall–Kier alpha value is -1.77. The van der Waals surface area contributed by atoms with E-state index in [2.05, 4.69) is 10.3 Å². The molecular weight excluding hydrogens is 288 g/mol. The number of thiazole rings is 1. The second kappa shape index (κ2) is 5.91. The first-order valence-electron chi connectivity index (χ1n) is 5.26. The number of aliphatic hydroxyl groups is 1. The number of thiophene rings is 1. The zero-order valence-corrected chi connectivity index (χ0v) is 11.2. The number of carbonyl (C=O) groups excluding carboxylic acids is 1. The Bertz CT molecular complexity index is 579. The van der Waals surface area contributed by atoms with Gasteiger partial charge in [0.05, 0.1) is 11.4 Å². The van der Waals surface area contributed by atoms with Crippen LogP contribution in [0.1, 0.15) is 10.5 Å². The van der Waals surface area contributed by atoms with Crippen LogP contribution in [0.25, 0.3) is 9.88 Å². The Balaban J connectivity index is 1.99. The molecule has 3 N–H and O–H groups in total. The van der Waals surface area contributed by atoms with Gasteiger partial charge in [0.25, 0.3) is 5.91 Å². The normalized spacial score (nSPS) is 12.1. The van der Waals surface area contributed by atoms with E-state index in [1.807, 2.05) is 17.5 Å². The summed E-state index contributed by atoms with van der Waals surface area (Å²) in [5.74, 6) is -1.88. The van der Waals surface area contributed by atoms with Crippen LogP contribution in [-0.4, -0.2) is 39.7 Å². The van der Waals surface area contributed by atoms with Crippen LogP contribution in [0.5, 0.6) is 0 Å². The van der Waals surface area contributed by atoms with Crippen LogP contribution < -0.4 is 5.32 Å². The molecule has 0 saturated heterocycles. The first kappa shape index (κ1) is 13.7. The molecule has 0 bridgehead atoms. The fourth-order valence-corrected chi connectivity index (χ4v) is 2.87. The number of aliphatic hydroxyl groups excluding tert-OH is 1. The Labute approximate surface area is 116 Å². The average molecular weight is 298 g/mol. The largest absolute Gasteiger partial charge is 0.479 e. The van der Waals surface area contributed by atoms with E-state index in [1.54, 1.807) is 5.38 Å². The van der Waals surface area contributed by atoms with Crippen molar-refractivity contribution in [3.05, 3.63) is 28.6 Å². The Morgan fingerprint density at radius 1 is 1.42 bits per heavy atom. The summed E-state index contributed by atoms with van der Waals surface area (Å²) in [5, 5.41) is 24.1. The smallest absolute Gasteiger partial charge is 0.334 e. The number of rotatable bonds is 5. The van der Waals surface area contributed by atoms with Gasteiger partial charge in [0.2, 0.25) is 0 Å². The highest BCUT2D eigenvalue weighted by Crippen LogP contribution is 2.27. The second-order valence-corrected chi connectivity index (χ2v) is 5.39. The van der Waals surface area contributed by atoms with Gasteiger partial charge in [-0.05, 0) is 11.4 Å². The maximum absolute atomic E-state index is 11.7. The number of hydrogen-bond acceptors (Lipinski definition) is 6. The second-order valence-electron chi connectivity index (χ2n) is 3.58. The average Bonchev–Trinajstić information content (AvgIpc) is 3.04. The molecule has 0 saturated carbocycles. The summed E-state index contributed by atoms with van der Waals surface area (Å²) in [4.78, 5) is 27.2. The van der Waals surface area contributed by atoms with E-state index in [-0.39, 0.29) is 12.2 Å². The van der Waals surface area contributed by atoms with Crippen molar-refractivity contribution in [3.8, 4) is 9.88 Å². The fourth-order valence-electron chi connectivity index (χ4n) is 1.26. The highest BCUT2D eigenvalue weighted by Gasteiger charge is 2.17. The third-order valence-electron chi connectivity index (χ3n) is 2.21. The molecule has 0 aromatic carbocycles. The van der Waals surface area contributed by atoms with Crippen LogP contribution in [0.2, 0.25) is 0 Å². The molecule has 1 amide bonds. The number of carbonyl (C=O) groups is 2. The third-order valence-corrected chi connectivity index (χ3v) is 4.09. The van der Waals surface area contributed by atoms with Gasteiger partial charge in [0.15, 0.2) is 6.10 Å². The van der Waals surface area contributed by atoms with Crippen molar-refractivity contribution in [3.63, 3.8) is 0 Å². The number of nitrogens with zero attached hydrogens (tertiary/aromatic N) is 1. The molecule has 0 aliphatic rings. The van der Waals surface area contributed by atoms with E-state index in [9.17, 15) is 9.59 Å². The van der Waals surface area contributed by atoms with Crippen LogP contribution in [-0.2, 0) is 4.79 Å². The van der Waals surface area contributed by atoms with Crippen LogP contribution in [0.3, 0.4) is 0 Å². The van der Waals surface area contributed by atoms with Crippen LogP contribution in [0.4, 0.5) is 0 Å². The zero-order chi connectivity index (χ0) is 13.8. The van der Waals surface area contributed by atoms with Gasteiger partial charge >= 0.3 is 5.97 Å². The Kier molecular flexibility index (Phi) is 4.25. The van der Waals surface area contributed by atoms with Crippen molar-refractivity contribution >= 4 is 34.6 Å². The van der Waals surface area contributed by atoms with Gasteiger partial charge in [-0.2, -0.15) is 0 Å². The van der Waals surface area contributed by atoms with E-state index < -0.39 is 18.0 Å². The first-order valence-corrected chi connectivity index (χ1v) is 7.02.